The molecule has 0 saturated carbocycles. The standard InChI is InChI=1S/C21H20N6O4S2/c28-19(26-8-10-27(11-9-26)21-22-7-12-32-21)15-3-1-2-4-16(15)25-33(30,31)14-5-6-17-18(13-14)24-20(29)23-17/h1-7,12-13,25H,8-11H2,(H2,23,24,29). The zero-order chi connectivity index (χ0) is 23.0. The Labute approximate surface area is 192 Å². The van der Waals surface area contributed by atoms with E-state index in [1.807, 2.05) is 5.38 Å². The first-order valence-electron chi connectivity index (χ1n) is 10.2. The van der Waals surface area contributed by atoms with E-state index in [0.717, 1.165) is 5.13 Å². The van der Waals surface area contributed by atoms with Crippen LogP contribution in [0.1, 0.15) is 10.4 Å². The summed E-state index contributed by atoms with van der Waals surface area (Å²) in [5.74, 6) is -0.238. The summed E-state index contributed by atoms with van der Waals surface area (Å²) in [4.78, 5) is 38.0. The first kappa shape index (κ1) is 21.2. The number of hydrogen-bond donors (Lipinski definition) is 3. The van der Waals surface area contributed by atoms with Crippen molar-refractivity contribution < 1.29 is 13.2 Å². The second kappa shape index (κ2) is 8.37. The fraction of sp³-hybridized carbons (Fsp3) is 0.190. The fourth-order valence-electron chi connectivity index (χ4n) is 3.78. The third kappa shape index (κ3) is 4.22. The normalized spacial score (nSPS) is 14.5. The van der Waals surface area contributed by atoms with E-state index in [4.69, 9.17) is 0 Å². The van der Waals surface area contributed by atoms with Crippen molar-refractivity contribution in [2.45, 2.75) is 4.90 Å². The van der Waals surface area contributed by atoms with Gasteiger partial charge in [0.25, 0.3) is 15.9 Å². The number of amides is 1. The second-order valence-corrected chi connectivity index (χ2v) is 10.1. The number of nitrogens with zero attached hydrogens (tertiary/aromatic N) is 3. The zero-order valence-corrected chi connectivity index (χ0v) is 18.9. The molecule has 0 radical (unpaired) electrons. The molecule has 0 unspecified atom stereocenters. The van der Waals surface area contributed by atoms with Crippen LogP contribution >= 0.6 is 11.3 Å². The van der Waals surface area contributed by atoms with Crippen molar-refractivity contribution in [1.29, 1.82) is 0 Å². The van der Waals surface area contributed by atoms with Crippen molar-refractivity contribution in [3.05, 3.63) is 70.1 Å². The van der Waals surface area contributed by atoms with Crippen molar-refractivity contribution in [2.24, 2.45) is 0 Å². The van der Waals surface area contributed by atoms with E-state index in [-0.39, 0.29) is 22.1 Å². The molecule has 170 valence electrons. The Morgan fingerprint density at radius 3 is 2.55 bits per heavy atom. The highest BCUT2D eigenvalue weighted by Crippen LogP contribution is 2.24. The predicted octanol–water partition coefficient (Wildman–Crippen LogP) is 2.08. The smallest absolute Gasteiger partial charge is 0.323 e. The lowest BCUT2D eigenvalue weighted by Gasteiger charge is -2.34. The van der Waals surface area contributed by atoms with Crippen LogP contribution in [0.2, 0.25) is 0 Å². The van der Waals surface area contributed by atoms with Crippen LogP contribution in [0.3, 0.4) is 0 Å². The number of para-hydroxylation sites is 1. The summed E-state index contributed by atoms with van der Waals surface area (Å²) in [7, 11) is -3.99. The molecule has 1 amide bonds. The van der Waals surface area contributed by atoms with Crippen LogP contribution in [0.4, 0.5) is 10.8 Å². The first-order chi connectivity index (χ1) is 15.9. The van der Waals surface area contributed by atoms with Crippen molar-refractivity contribution in [1.82, 2.24) is 19.9 Å². The lowest BCUT2D eigenvalue weighted by Crippen LogP contribution is -2.48. The number of rotatable bonds is 5. The Balaban J connectivity index is 1.36. The summed E-state index contributed by atoms with van der Waals surface area (Å²) in [6.45, 7) is 2.33. The molecule has 12 heteroatoms. The Hall–Kier alpha value is -3.64. The lowest BCUT2D eigenvalue weighted by molar-refractivity contribution is 0.0748. The van der Waals surface area contributed by atoms with Gasteiger partial charge in [-0.25, -0.2) is 18.2 Å². The minimum Gasteiger partial charge on any atom is -0.345 e. The summed E-state index contributed by atoms with van der Waals surface area (Å²) in [5, 5.41) is 2.84. The minimum atomic E-state index is -3.99. The number of imidazole rings is 1. The van der Waals surface area contributed by atoms with Crippen LogP contribution in [0, 0.1) is 0 Å². The molecule has 0 aliphatic carbocycles. The molecule has 3 N–H and O–H groups in total. The van der Waals surface area contributed by atoms with Gasteiger partial charge in [0, 0.05) is 37.8 Å². The van der Waals surface area contributed by atoms with Crippen LogP contribution in [0.5, 0.6) is 0 Å². The number of benzene rings is 2. The van der Waals surface area contributed by atoms with Crippen LogP contribution in [-0.2, 0) is 10.0 Å². The molecular weight excluding hydrogens is 464 g/mol. The lowest BCUT2D eigenvalue weighted by atomic mass is 10.1. The highest BCUT2D eigenvalue weighted by Gasteiger charge is 2.26. The van der Waals surface area contributed by atoms with Gasteiger partial charge in [-0.3, -0.25) is 9.52 Å². The van der Waals surface area contributed by atoms with E-state index >= 15 is 0 Å². The molecule has 2 aromatic carbocycles. The predicted molar refractivity (Wildman–Crippen MR) is 126 cm³/mol. The van der Waals surface area contributed by atoms with Crippen molar-refractivity contribution in [3.8, 4) is 0 Å². The molecule has 0 spiro atoms. The number of carbonyl (C=O) groups excluding carboxylic acids is 1. The van der Waals surface area contributed by atoms with Gasteiger partial charge < -0.3 is 19.8 Å². The van der Waals surface area contributed by atoms with E-state index in [0.29, 0.717) is 37.2 Å². The number of nitrogens with one attached hydrogen (secondary N) is 3. The topological polar surface area (TPSA) is 131 Å². The molecule has 1 aliphatic heterocycles. The van der Waals surface area contributed by atoms with Crippen LogP contribution in [0.15, 0.2) is 63.7 Å². The van der Waals surface area contributed by atoms with Gasteiger partial charge in [0.2, 0.25) is 0 Å². The molecule has 1 saturated heterocycles. The fourth-order valence-corrected chi connectivity index (χ4v) is 5.59. The van der Waals surface area contributed by atoms with Gasteiger partial charge >= 0.3 is 5.69 Å². The number of hydrogen-bond acceptors (Lipinski definition) is 7. The Bertz CT molecular complexity index is 1470. The highest BCUT2D eigenvalue weighted by molar-refractivity contribution is 7.92. The minimum absolute atomic E-state index is 0.0236. The SMILES string of the molecule is O=C(c1ccccc1NS(=O)(=O)c1ccc2[nH]c(=O)[nH]c2c1)N1CCN(c2nccs2)CC1. The Morgan fingerprint density at radius 1 is 1.03 bits per heavy atom. The van der Waals surface area contributed by atoms with Gasteiger partial charge in [-0.05, 0) is 30.3 Å². The van der Waals surface area contributed by atoms with Crippen molar-refractivity contribution in [2.75, 3.05) is 35.8 Å². The van der Waals surface area contributed by atoms with E-state index in [1.54, 1.807) is 46.7 Å². The molecule has 0 bridgehead atoms. The number of anilines is 2. The third-order valence-corrected chi connectivity index (χ3v) is 7.65. The number of thiazole rings is 1. The zero-order valence-electron chi connectivity index (χ0n) is 17.3. The maximum absolute atomic E-state index is 13.2. The van der Waals surface area contributed by atoms with Crippen LogP contribution < -0.4 is 15.3 Å². The average molecular weight is 485 g/mol. The maximum Gasteiger partial charge on any atom is 0.323 e. The molecule has 5 rings (SSSR count). The number of piperazine rings is 1. The molecule has 3 heterocycles. The first-order valence-corrected chi connectivity index (χ1v) is 12.5. The van der Waals surface area contributed by atoms with Gasteiger partial charge in [0.15, 0.2) is 5.13 Å². The number of sulfonamides is 1. The van der Waals surface area contributed by atoms with Crippen molar-refractivity contribution in [3.63, 3.8) is 0 Å². The van der Waals surface area contributed by atoms with E-state index in [1.165, 1.54) is 18.2 Å². The molecule has 10 nitrogen and oxygen atoms in total. The number of aromatic amines is 2. The summed E-state index contributed by atoms with van der Waals surface area (Å²) < 4.78 is 28.6. The molecule has 33 heavy (non-hydrogen) atoms. The number of H-pyrrole nitrogens is 2. The number of aromatic nitrogens is 3. The molecule has 0 atom stereocenters. The second-order valence-electron chi connectivity index (χ2n) is 7.53. The molecule has 1 aliphatic rings. The summed E-state index contributed by atoms with van der Waals surface area (Å²) in [6, 6.07) is 10.8. The summed E-state index contributed by atoms with van der Waals surface area (Å²) in [6.07, 6.45) is 1.76. The molecule has 2 aromatic heterocycles. The van der Waals surface area contributed by atoms with E-state index in [2.05, 4.69) is 24.6 Å². The van der Waals surface area contributed by atoms with Gasteiger partial charge in [-0.15, -0.1) is 11.3 Å². The van der Waals surface area contributed by atoms with E-state index in [9.17, 15) is 18.0 Å². The summed E-state index contributed by atoms with van der Waals surface area (Å²) in [5.41, 5.74) is 0.947. The maximum atomic E-state index is 13.2. The van der Waals surface area contributed by atoms with Crippen LogP contribution in [0.25, 0.3) is 11.0 Å². The molecule has 4 aromatic rings. The highest BCUT2D eigenvalue weighted by atomic mass is 32.2. The number of fused-ring (bicyclic) bond motifs is 1. The summed E-state index contributed by atoms with van der Waals surface area (Å²) >= 11 is 1.56. The van der Waals surface area contributed by atoms with Gasteiger partial charge in [0.1, 0.15) is 0 Å². The molecular formula is C21H20N6O4S2. The van der Waals surface area contributed by atoms with Gasteiger partial charge in [-0.1, -0.05) is 12.1 Å². The van der Waals surface area contributed by atoms with Crippen LogP contribution in [-0.4, -0.2) is 60.4 Å². The Morgan fingerprint density at radius 2 is 1.79 bits per heavy atom. The van der Waals surface area contributed by atoms with E-state index < -0.39 is 15.7 Å². The molecule has 1 fully saturated rings. The average Bonchev–Trinajstić information content (AvgIpc) is 3.47. The van der Waals surface area contributed by atoms with Gasteiger partial charge in [-0.2, -0.15) is 0 Å². The number of carbonyl (C=O) groups is 1. The largest absolute Gasteiger partial charge is 0.345 e. The Kier molecular flexibility index (Phi) is 5.38. The van der Waals surface area contributed by atoms with Gasteiger partial charge in [0.05, 0.1) is 27.2 Å². The monoisotopic (exact) mass is 484 g/mol. The van der Waals surface area contributed by atoms with Crippen molar-refractivity contribution >= 4 is 49.1 Å². The third-order valence-electron chi connectivity index (χ3n) is 5.46. The quantitative estimate of drug-likeness (QED) is 0.397.